The van der Waals surface area contributed by atoms with E-state index in [1.807, 2.05) is 0 Å². The summed E-state index contributed by atoms with van der Waals surface area (Å²) in [5, 5.41) is 0. The van der Waals surface area contributed by atoms with Gasteiger partial charge in [0.15, 0.2) is 0 Å². The van der Waals surface area contributed by atoms with E-state index in [-0.39, 0.29) is 0 Å². The van der Waals surface area contributed by atoms with Gasteiger partial charge in [-0.25, -0.2) is 0 Å². The fraction of sp³-hybridized carbons (Fsp3) is 0.286. The number of benzene rings is 1. The van der Waals surface area contributed by atoms with Gasteiger partial charge in [-0.15, -0.1) is 11.3 Å². The Balaban J connectivity index is 2.07. The molecule has 0 unspecified atom stereocenters. The largest absolute Gasteiger partial charge is 0.493 e. The van der Waals surface area contributed by atoms with Crippen LogP contribution in [0.2, 0.25) is 0 Å². The van der Waals surface area contributed by atoms with Crippen LogP contribution in [0.3, 0.4) is 0 Å². The number of fused-ring (bicyclic) bond motifs is 1. The lowest BCUT2D eigenvalue weighted by molar-refractivity contribution is 0.290. The molecule has 0 bridgehead atoms. The molecule has 88 valence electrons. The van der Waals surface area contributed by atoms with Crippen LogP contribution in [-0.2, 0) is 13.0 Å². The zero-order chi connectivity index (χ0) is 11.7. The summed E-state index contributed by atoms with van der Waals surface area (Å²) < 4.78 is 5.83. The van der Waals surface area contributed by atoms with Gasteiger partial charge in [-0.1, -0.05) is 12.1 Å². The molecule has 0 saturated carbocycles. The number of aryl methyl sites for hydroxylation is 1. The van der Waals surface area contributed by atoms with Gasteiger partial charge >= 0.3 is 0 Å². The summed E-state index contributed by atoms with van der Waals surface area (Å²) in [5.74, 6) is 1.07. The Hall–Kier alpha value is -1.32. The third kappa shape index (κ3) is 1.96. The van der Waals surface area contributed by atoms with Crippen LogP contribution in [0.1, 0.15) is 16.9 Å². The Kier molecular flexibility index (Phi) is 2.87. The molecule has 2 N–H and O–H groups in total. The van der Waals surface area contributed by atoms with Crippen LogP contribution in [0.15, 0.2) is 30.3 Å². The number of rotatable bonds is 2. The van der Waals surface area contributed by atoms with Crippen molar-refractivity contribution < 1.29 is 4.74 Å². The van der Waals surface area contributed by atoms with Gasteiger partial charge in [0.25, 0.3) is 0 Å². The Morgan fingerprint density at radius 3 is 3.00 bits per heavy atom. The Labute approximate surface area is 105 Å². The molecule has 1 aliphatic heterocycles. The number of para-hydroxylation sites is 1. The van der Waals surface area contributed by atoms with E-state index in [2.05, 4.69) is 30.3 Å². The molecule has 0 radical (unpaired) electrons. The van der Waals surface area contributed by atoms with Crippen molar-refractivity contribution in [3.8, 4) is 16.2 Å². The normalized spacial score (nSPS) is 14.2. The van der Waals surface area contributed by atoms with E-state index in [4.69, 9.17) is 10.5 Å². The number of hydrogen-bond donors (Lipinski definition) is 1. The number of ether oxygens (including phenoxy) is 1. The van der Waals surface area contributed by atoms with Crippen molar-refractivity contribution in [3.05, 3.63) is 40.8 Å². The van der Waals surface area contributed by atoms with Crippen LogP contribution in [0.25, 0.3) is 10.4 Å². The summed E-state index contributed by atoms with van der Waals surface area (Å²) in [6.45, 7) is 1.44. The van der Waals surface area contributed by atoms with Crippen molar-refractivity contribution in [3.63, 3.8) is 0 Å². The Bertz CT molecular complexity index is 533. The minimum absolute atomic E-state index is 0.612. The van der Waals surface area contributed by atoms with Crippen LogP contribution >= 0.6 is 11.3 Å². The smallest absolute Gasteiger partial charge is 0.131 e. The molecule has 17 heavy (non-hydrogen) atoms. The lowest BCUT2D eigenvalue weighted by Crippen LogP contribution is -2.08. The molecule has 0 aliphatic carbocycles. The van der Waals surface area contributed by atoms with E-state index in [9.17, 15) is 0 Å². The molecule has 2 nitrogen and oxygen atoms in total. The van der Waals surface area contributed by atoms with Gasteiger partial charge in [-0.2, -0.15) is 0 Å². The summed E-state index contributed by atoms with van der Waals surface area (Å²) in [6, 6.07) is 10.7. The molecular formula is C14H15NOS. The topological polar surface area (TPSA) is 35.2 Å². The zero-order valence-corrected chi connectivity index (χ0v) is 10.4. The van der Waals surface area contributed by atoms with Crippen LogP contribution < -0.4 is 10.5 Å². The lowest BCUT2D eigenvalue weighted by atomic mass is 10.0. The van der Waals surface area contributed by atoms with Crippen molar-refractivity contribution in [2.75, 3.05) is 6.61 Å². The second kappa shape index (κ2) is 4.51. The maximum Gasteiger partial charge on any atom is 0.131 e. The first-order valence-electron chi connectivity index (χ1n) is 5.92. The first kappa shape index (κ1) is 10.8. The lowest BCUT2D eigenvalue weighted by Gasteiger charge is -2.19. The molecule has 1 aliphatic rings. The minimum Gasteiger partial charge on any atom is -0.493 e. The number of hydrogen-bond acceptors (Lipinski definition) is 3. The van der Waals surface area contributed by atoms with Crippen molar-refractivity contribution in [1.29, 1.82) is 0 Å². The maximum atomic E-state index is 5.83. The highest BCUT2D eigenvalue weighted by Crippen LogP contribution is 2.39. The molecule has 0 spiro atoms. The number of nitrogens with two attached hydrogens (primary N) is 1. The van der Waals surface area contributed by atoms with E-state index in [0.29, 0.717) is 6.54 Å². The van der Waals surface area contributed by atoms with Gasteiger partial charge in [0.05, 0.1) is 6.61 Å². The number of thiophene rings is 1. The van der Waals surface area contributed by atoms with Crippen LogP contribution in [0, 0.1) is 0 Å². The first-order chi connectivity index (χ1) is 8.38. The van der Waals surface area contributed by atoms with E-state index < -0.39 is 0 Å². The third-order valence-electron chi connectivity index (χ3n) is 3.06. The molecule has 0 atom stereocenters. The van der Waals surface area contributed by atoms with Crippen molar-refractivity contribution in [2.24, 2.45) is 5.73 Å². The molecular weight excluding hydrogens is 230 g/mol. The van der Waals surface area contributed by atoms with Crippen molar-refractivity contribution in [1.82, 2.24) is 0 Å². The minimum atomic E-state index is 0.612. The second-order valence-corrected chi connectivity index (χ2v) is 5.38. The quantitative estimate of drug-likeness (QED) is 0.881. The van der Waals surface area contributed by atoms with Gasteiger partial charge in [-0.05, 0) is 36.6 Å². The van der Waals surface area contributed by atoms with Gasteiger partial charge in [0, 0.05) is 21.9 Å². The SMILES string of the molecule is NCc1ccc(-c2cccc3c2OCCC3)s1. The highest BCUT2D eigenvalue weighted by molar-refractivity contribution is 7.15. The predicted octanol–water partition coefficient (Wildman–Crippen LogP) is 3.20. The molecule has 1 aromatic heterocycles. The zero-order valence-electron chi connectivity index (χ0n) is 9.61. The first-order valence-corrected chi connectivity index (χ1v) is 6.74. The molecule has 3 rings (SSSR count). The average Bonchev–Trinajstić information content (AvgIpc) is 2.87. The maximum absolute atomic E-state index is 5.83. The van der Waals surface area contributed by atoms with E-state index in [1.165, 1.54) is 20.9 Å². The molecule has 0 amide bonds. The summed E-state index contributed by atoms with van der Waals surface area (Å²) in [5.41, 5.74) is 8.20. The fourth-order valence-electron chi connectivity index (χ4n) is 2.22. The Morgan fingerprint density at radius 1 is 1.24 bits per heavy atom. The predicted molar refractivity (Wildman–Crippen MR) is 71.5 cm³/mol. The van der Waals surface area contributed by atoms with Gasteiger partial charge in [0.2, 0.25) is 0 Å². The van der Waals surface area contributed by atoms with Crippen LogP contribution in [-0.4, -0.2) is 6.61 Å². The summed E-state index contributed by atoms with van der Waals surface area (Å²) in [4.78, 5) is 2.47. The average molecular weight is 245 g/mol. The molecule has 1 aromatic carbocycles. The highest BCUT2D eigenvalue weighted by Gasteiger charge is 2.16. The van der Waals surface area contributed by atoms with Gasteiger partial charge < -0.3 is 10.5 Å². The standard InChI is InChI=1S/C14H15NOS/c15-9-11-6-7-13(17-11)12-5-1-3-10-4-2-8-16-14(10)12/h1,3,5-7H,2,4,8-9,15H2. The van der Waals surface area contributed by atoms with Crippen LogP contribution in [0.5, 0.6) is 5.75 Å². The molecule has 3 heteroatoms. The molecule has 0 saturated heterocycles. The van der Waals surface area contributed by atoms with Crippen molar-refractivity contribution >= 4 is 11.3 Å². The second-order valence-electron chi connectivity index (χ2n) is 4.22. The summed E-state index contributed by atoms with van der Waals surface area (Å²) in [6.07, 6.45) is 2.24. The summed E-state index contributed by atoms with van der Waals surface area (Å²) >= 11 is 1.75. The monoisotopic (exact) mass is 245 g/mol. The molecule has 2 heterocycles. The molecule has 2 aromatic rings. The van der Waals surface area contributed by atoms with E-state index in [1.54, 1.807) is 11.3 Å². The highest BCUT2D eigenvalue weighted by atomic mass is 32.1. The Morgan fingerprint density at radius 2 is 2.18 bits per heavy atom. The van der Waals surface area contributed by atoms with Crippen molar-refractivity contribution in [2.45, 2.75) is 19.4 Å². The third-order valence-corrected chi connectivity index (χ3v) is 4.20. The van der Waals surface area contributed by atoms with E-state index in [0.717, 1.165) is 25.2 Å². The van der Waals surface area contributed by atoms with Crippen LogP contribution in [0.4, 0.5) is 0 Å². The fourth-order valence-corrected chi connectivity index (χ4v) is 3.12. The van der Waals surface area contributed by atoms with E-state index >= 15 is 0 Å². The molecule has 0 fully saturated rings. The summed E-state index contributed by atoms with van der Waals surface area (Å²) in [7, 11) is 0. The van der Waals surface area contributed by atoms with Gasteiger partial charge in [-0.3, -0.25) is 0 Å². The van der Waals surface area contributed by atoms with Gasteiger partial charge in [0.1, 0.15) is 5.75 Å².